The van der Waals surface area contributed by atoms with Crippen molar-refractivity contribution >= 4 is 28.3 Å². The summed E-state index contributed by atoms with van der Waals surface area (Å²) in [7, 11) is 0. The summed E-state index contributed by atoms with van der Waals surface area (Å²) in [6, 6.07) is 13.4. The fourth-order valence-electron chi connectivity index (χ4n) is 2.03. The molecule has 0 radical (unpaired) electrons. The number of halogens is 1. The lowest BCUT2D eigenvalue weighted by Gasteiger charge is -2.03. The highest BCUT2D eigenvalue weighted by molar-refractivity contribution is 6.31. The van der Waals surface area contributed by atoms with Crippen molar-refractivity contribution in [2.45, 2.75) is 6.92 Å². The van der Waals surface area contributed by atoms with Gasteiger partial charge < -0.3 is 10.2 Å². The number of aryl methyl sites for hydroxylation is 1. The lowest BCUT2D eigenvalue weighted by Crippen LogP contribution is -1.89. The second kappa shape index (κ2) is 4.07. The zero-order chi connectivity index (χ0) is 12.7. The molecule has 0 aliphatic rings. The van der Waals surface area contributed by atoms with Crippen molar-refractivity contribution in [3.63, 3.8) is 0 Å². The first kappa shape index (κ1) is 11.2. The maximum absolute atomic E-state index is 5.99. The molecule has 3 rings (SSSR count). The standard InChI is InChI=1S/C15H12ClNO/c1-9-2-4-13(17)12(6-9)15-8-10-7-11(16)3-5-14(10)18-15/h2-8H,17H2,1H3. The first-order valence-electron chi connectivity index (χ1n) is 5.69. The van der Waals surface area contributed by atoms with E-state index in [1.165, 1.54) is 0 Å². The Morgan fingerprint density at radius 1 is 1.06 bits per heavy atom. The van der Waals surface area contributed by atoms with Crippen LogP contribution in [0, 0.1) is 6.92 Å². The molecule has 0 saturated heterocycles. The van der Waals surface area contributed by atoms with E-state index in [0.29, 0.717) is 10.7 Å². The fourth-order valence-corrected chi connectivity index (χ4v) is 2.21. The van der Waals surface area contributed by atoms with Crippen LogP contribution in [0.15, 0.2) is 46.9 Å². The van der Waals surface area contributed by atoms with Crippen molar-refractivity contribution in [1.29, 1.82) is 0 Å². The van der Waals surface area contributed by atoms with Crippen LogP contribution in [0.1, 0.15) is 5.56 Å². The molecule has 3 heteroatoms. The SMILES string of the molecule is Cc1ccc(N)c(-c2cc3cc(Cl)ccc3o2)c1. The number of hydrogen-bond donors (Lipinski definition) is 1. The van der Waals surface area contributed by atoms with Gasteiger partial charge in [-0.15, -0.1) is 0 Å². The molecule has 2 N–H and O–H groups in total. The summed E-state index contributed by atoms with van der Waals surface area (Å²) in [6.07, 6.45) is 0. The Bertz CT molecular complexity index is 730. The van der Waals surface area contributed by atoms with E-state index < -0.39 is 0 Å². The van der Waals surface area contributed by atoms with E-state index in [1.807, 2.05) is 49.4 Å². The Morgan fingerprint density at radius 2 is 1.89 bits per heavy atom. The Balaban J connectivity index is 2.22. The molecule has 1 aromatic heterocycles. The first-order chi connectivity index (χ1) is 8.63. The van der Waals surface area contributed by atoms with Crippen LogP contribution >= 0.6 is 11.6 Å². The third-order valence-corrected chi connectivity index (χ3v) is 3.19. The van der Waals surface area contributed by atoms with E-state index in [0.717, 1.165) is 27.9 Å². The van der Waals surface area contributed by atoms with Crippen molar-refractivity contribution in [1.82, 2.24) is 0 Å². The molecular formula is C15H12ClNO. The zero-order valence-electron chi connectivity index (χ0n) is 9.91. The van der Waals surface area contributed by atoms with Gasteiger partial charge in [-0.3, -0.25) is 0 Å². The minimum absolute atomic E-state index is 0.701. The molecular weight excluding hydrogens is 246 g/mol. The number of fused-ring (bicyclic) bond motifs is 1. The predicted octanol–water partition coefficient (Wildman–Crippen LogP) is 4.64. The first-order valence-corrected chi connectivity index (χ1v) is 6.07. The topological polar surface area (TPSA) is 39.2 Å². The third-order valence-electron chi connectivity index (χ3n) is 2.95. The van der Waals surface area contributed by atoms with Crippen LogP contribution in [-0.4, -0.2) is 0 Å². The Morgan fingerprint density at radius 3 is 2.72 bits per heavy atom. The summed E-state index contributed by atoms with van der Waals surface area (Å²) in [6.45, 7) is 2.03. The molecule has 0 amide bonds. The van der Waals surface area contributed by atoms with Gasteiger partial charge in [0.1, 0.15) is 11.3 Å². The maximum Gasteiger partial charge on any atom is 0.137 e. The Labute approximate surface area is 110 Å². The molecule has 18 heavy (non-hydrogen) atoms. The van der Waals surface area contributed by atoms with Crippen LogP contribution < -0.4 is 5.73 Å². The summed E-state index contributed by atoms with van der Waals surface area (Å²) in [5, 5.41) is 1.69. The van der Waals surface area contributed by atoms with E-state index in [9.17, 15) is 0 Å². The fraction of sp³-hybridized carbons (Fsp3) is 0.0667. The largest absolute Gasteiger partial charge is 0.456 e. The molecule has 0 spiro atoms. The Hall–Kier alpha value is -1.93. The number of anilines is 1. The zero-order valence-corrected chi connectivity index (χ0v) is 10.7. The van der Waals surface area contributed by atoms with Gasteiger partial charge in [0.25, 0.3) is 0 Å². The molecule has 3 aromatic rings. The highest BCUT2D eigenvalue weighted by atomic mass is 35.5. The molecule has 90 valence electrons. The van der Waals surface area contributed by atoms with Gasteiger partial charge >= 0.3 is 0 Å². The maximum atomic E-state index is 5.99. The molecule has 0 saturated carbocycles. The van der Waals surface area contributed by atoms with Gasteiger partial charge in [-0.25, -0.2) is 0 Å². The highest BCUT2D eigenvalue weighted by Crippen LogP contribution is 2.33. The van der Waals surface area contributed by atoms with Crippen LogP contribution in [0.3, 0.4) is 0 Å². The van der Waals surface area contributed by atoms with Gasteiger partial charge in [0.05, 0.1) is 0 Å². The molecule has 0 aliphatic carbocycles. The molecule has 0 bridgehead atoms. The average Bonchev–Trinajstić information content (AvgIpc) is 2.74. The Kier molecular flexibility index (Phi) is 2.53. The molecule has 0 aliphatic heterocycles. The molecule has 1 heterocycles. The van der Waals surface area contributed by atoms with Crippen LogP contribution in [0.5, 0.6) is 0 Å². The van der Waals surface area contributed by atoms with Gasteiger partial charge in [-0.05, 0) is 43.3 Å². The quantitative estimate of drug-likeness (QED) is 0.645. The van der Waals surface area contributed by atoms with Gasteiger partial charge in [0, 0.05) is 21.7 Å². The number of benzene rings is 2. The van der Waals surface area contributed by atoms with Crippen LogP contribution in [0.25, 0.3) is 22.3 Å². The lowest BCUT2D eigenvalue weighted by molar-refractivity contribution is 0.632. The van der Waals surface area contributed by atoms with Crippen molar-refractivity contribution in [2.75, 3.05) is 5.73 Å². The molecule has 0 fully saturated rings. The van der Waals surface area contributed by atoms with Gasteiger partial charge in [0.2, 0.25) is 0 Å². The molecule has 2 aromatic carbocycles. The smallest absolute Gasteiger partial charge is 0.137 e. The number of hydrogen-bond acceptors (Lipinski definition) is 2. The summed E-state index contributed by atoms with van der Waals surface area (Å²) in [5.41, 5.74) is 9.59. The number of nitrogen functional groups attached to an aromatic ring is 1. The minimum Gasteiger partial charge on any atom is -0.456 e. The average molecular weight is 258 g/mol. The summed E-state index contributed by atoms with van der Waals surface area (Å²) >= 11 is 5.96. The lowest BCUT2D eigenvalue weighted by atomic mass is 10.1. The molecule has 2 nitrogen and oxygen atoms in total. The monoisotopic (exact) mass is 257 g/mol. The number of furan rings is 1. The van der Waals surface area contributed by atoms with E-state index in [2.05, 4.69) is 0 Å². The number of rotatable bonds is 1. The second-order valence-electron chi connectivity index (χ2n) is 4.38. The van der Waals surface area contributed by atoms with Crippen molar-refractivity contribution in [3.05, 3.63) is 53.1 Å². The molecule has 0 atom stereocenters. The van der Waals surface area contributed by atoms with Crippen molar-refractivity contribution < 1.29 is 4.42 Å². The highest BCUT2D eigenvalue weighted by Gasteiger charge is 2.09. The van der Waals surface area contributed by atoms with Crippen LogP contribution in [0.2, 0.25) is 5.02 Å². The van der Waals surface area contributed by atoms with Crippen LogP contribution in [-0.2, 0) is 0 Å². The van der Waals surface area contributed by atoms with E-state index in [1.54, 1.807) is 0 Å². The second-order valence-corrected chi connectivity index (χ2v) is 4.82. The van der Waals surface area contributed by atoms with E-state index in [4.69, 9.17) is 21.8 Å². The normalized spacial score (nSPS) is 11.0. The van der Waals surface area contributed by atoms with E-state index >= 15 is 0 Å². The van der Waals surface area contributed by atoms with Crippen molar-refractivity contribution in [3.8, 4) is 11.3 Å². The van der Waals surface area contributed by atoms with Crippen LogP contribution in [0.4, 0.5) is 5.69 Å². The molecule has 0 unspecified atom stereocenters. The van der Waals surface area contributed by atoms with Gasteiger partial charge in [-0.1, -0.05) is 23.2 Å². The van der Waals surface area contributed by atoms with E-state index in [-0.39, 0.29) is 0 Å². The van der Waals surface area contributed by atoms with Gasteiger partial charge in [0.15, 0.2) is 0 Å². The van der Waals surface area contributed by atoms with Crippen molar-refractivity contribution in [2.24, 2.45) is 0 Å². The summed E-state index contributed by atoms with van der Waals surface area (Å²) in [5.74, 6) is 0.772. The van der Waals surface area contributed by atoms with Gasteiger partial charge in [-0.2, -0.15) is 0 Å². The summed E-state index contributed by atoms with van der Waals surface area (Å²) in [4.78, 5) is 0. The summed E-state index contributed by atoms with van der Waals surface area (Å²) < 4.78 is 5.81. The predicted molar refractivity (Wildman–Crippen MR) is 75.8 cm³/mol. The third kappa shape index (κ3) is 1.85. The number of nitrogens with two attached hydrogens (primary N) is 1. The minimum atomic E-state index is 0.701.